The van der Waals surface area contributed by atoms with Gasteiger partial charge >= 0.3 is 0 Å². The lowest BCUT2D eigenvalue weighted by molar-refractivity contribution is -0.138. The largest absolute Gasteiger partial charge is 0.374 e. The second kappa shape index (κ2) is 9.04. The number of hydrogen-bond donors (Lipinski definition) is 0. The number of carbonyl (C=O) groups is 2. The predicted octanol–water partition coefficient (Wildman–Crippen LogP) is 1.33. The fourth-order valence-corrected chi connectivity index (χ4v) is 3.92. The fourth-order valence-electron chi connectivity index (χ4n) is 3.92. The fraction of sp³-hybridized carbons (Fsp3) is 0.435. The van der Waals surface area contributed by atoms with Gasteiger partial charge in [0.15, 0.2) is 0 Å². The van der Waals surface area contributed by atoms with E-state index in [2.05, 4.69) is 15.1 Å². The molecule has 1 atom stereocenters. The van der Waals surface area contributed by atoms with Crippen LogP contribution in [0.5, 0.6) is 0 Å². The van der Waals surface area contributed by atoms with Crippen molar-refractivity contribution >= 4 is 17.6 Å². The number of rotatable bonds is 7. The summed E-state index contributed by atoms with van der Waals surface area (Å²) < 4.78 is 7.70. The van der Waals surface area contributed by atoms with Crippen LogP contribution in [0.15, 0.2) is 49.1 Å². The maximum atomic E-state index is 13.1. The van der Waals surface area contributed by atoms with Crippen molar-refractivity contribution in [2.45, 2.75) is 31.9 Å². The maximum Gasteiger partial charge on any atom is 0.252 e. The van der Waals surface area contributed by atoms with Crippen molar-refractivity contribution < 1.29 is 14.3 Å². The average Bonchev–Trinajstić information content (AvgIpc) is 3.54. The van der Waals surface area contributed by atoms with Gasteiger partial charge in [-0.25, -0.2) is 9.50 Å². The van der Waals surface area contributed by atoms with Gasteiger partial charge in [-0.15, -0.1) is 0 Å². The van der Waals surface area contributed by atoms with E-state index in [1.165, 1.54) is 19.2 Å². The molecule has 2 aromatic heterocycles. The van der Waals surface area contributed by atoms with E-state index in [9.17, 15) is 9.59 Å². The van der Waals surface area contributed by atoms with Gasteiger partial charge < -0.3 is 14.5 Å². The highest BCUT2D eigenvalue weighted by Crippen LogP contribution is 2.29. The zero-order valence-electron chi connectivity index (χ0n) is 17.8. The van der Waals surface area contributed by atoms with Crippen LogP contribution in [0.4, 0.5) is 0 Å². The standard InChI is InChI=1S/C23H26N6O3/c30-21(8-19-9-24-23-25-16-26-29(23)11-19)28-13-20(32-15-18-6-7-18)12-27(22(31)14-28)10-17-4-2-1-3-5-17/h1-5,9,11,16,18,20H,6-8,10,12-15H2. The van der Waals surface area contributed by atoms with Crippen molar-refractivity contribution in [2.75, 3.05) is 26.2 Å². The van der Waals surface area contributed by atoms with Gasteiger partial charge in [0.25, 0.3) is 5.78 Å². The molecular formula is C23H26N6O3. The zero-order chi connectivity index (χ0) is 21.9. The Morgan fingerprint density at radius 2 is 1.94 bits per heavy atom. The summed E-state index contributed by atoms with van der Waals surface area (Å²) in [5.41, 5.74) is 1.79. The minimum absolute atomic E-state index is 0.0496. The van der Waals surface area contributed by atoms with E-state index >= 15 is 0 Å². The van der Waals surface area contributed by atoms with E-state index in [0.29, 0.717) is 37.9 Å². The molecule has 3 heterocycles. The Morgan fingerprint density at radius 1 is 1.09 bits per heavy atom. The molecule has 1 aliphatic heterocycles. The smallest absolute Gasteiger partial charge is 0.252 e. The van der Waals surface area contributed by atoms with Gasteiger partial charge in [-0.1, -0.05) is 30.3 Å². The van der Waals surface area contributed by atoms with Gasteiger partial charge in [-0.05, 0) is 29.9 Å². The van der Waals surface area contributed by atoms with Crippen LogP contribution < -0.4 is 0 Å². The van der Waals surface area contributed by atoms with E-state index in [4.69, 9.17) is 4.74 Å². The quantitative estimate of drug-likeness (QED) is 0.557. The highest BCUT2D eigenvalue weighted by Gasteiger charge is 2.32. The van der Waals surface area contributed by atoms with Crippen LogP contribution >= 0.6 is 0 Å². The van der Waals surface area contributed by atoms with Crippen LogP contribution in [0.2, 0.25) is 0 Å². The molecule has 1 saturated carbocycles. The average molecular weight is 435 g/mol. The molecule has 0 spiro atoms. The minimum atomic E-state index is -0.203. The third-order valence-corrected chi connectivity index (χ3v) is 5.90. The van der Waals surface area contributed by atoms with Crippen molar-refractivity contribution in [1.82, 2.24) is 29.4 Å². The lowest BCUT2D eigenvalue weighted by atomic mass is 10.2. The molecule has 2 aliphatic rings. The summed E-state index contributed by atoms with van der Waals surface area (Å²) in [7, 11) is 0. The Kier molecular flexibility index (Phi) is 5.81. The SMILES string of the molecule is O=C(Cc1cnc2ncnn2c1)N1CC(=O)N(Cc2ccccc2)CC(OCC2CC2)C1. The zero-order valence-corrected chi connectivity index (χ0v) is 17.8. The number of benzene rings is 1. The number of hydrogen-bond acceptors (Lipinski definition) is 6. The Balaban J connectivity index is 1.30. The maximum absolute atomic E-state index is 13.1. The molecule has 1 saturated heterocycles. The predicted molar refractivity (Wildman–Crippen MR) is 115 cm³/mol. The summed E-state index contributed by atoms with van der Waals surface area (Å²) in [5, 5.41) is 4.07. The molecule has 166 valence electrons. The molecule has 0 bridgehead atoms. The molecule has 5 rings (SSSR count). The van der Waals surface area contributed by atoms with Crippen LogP contribution in [0.25, 0.3) is 5.78 Å². The lowest BCUT2D eigenvalue weighted by Crippen LogP contribution is -2.40. The van der Waals surface area contributed by atoms with Gasteiger partial charge in [-0.2, -0.15) is 10.1 Å². The van der Waals surface area contributed by atoms with E-state index < -0.39 is 0 Å². The molecular weight excluding hydrogens is 408 g/mol. The third-order valence-electron chi connectivity index (χ3n) is 5.90. The van der Waals surface area contributed by atoms with Crippen LogP contribution in [-0.2, 0) is 27.3 Å². The molecule has 1 aromatic carbocycles. The van der Waals surface area contributed by atoms with Gasteiger partial charge in [0.1, 0.15) is 6.33 Å². The van der Waals surface area contributed by atoms with E-state index in [1.54, 1.807) is 21.8 Å². The van der Waals surface area contributed by atoms with Gasteiger partial charge in [0, 0.05) is 38.6 Å². The summed E-state index contributed by atoms with van der Waals surface area (Å²) in [4.78, 5) is 37.9. The summed E-state index contributed by atoms with van der Waals surface area (Å²) >= 11 is 0. The monoisotopic (exact) mass is 434 g/mol. The minimum Gasteiger partial charge on any atom is -0.374 e. The van der Waals surface area contributed by atoms with Crippen molar-refractivity contribution in [3.05, 3.63) is 60.2 Å². The van der Waals surface area contributed by atoms with E-state index in [1.807, 2.05) is 35.2 Å². The molecule has 32 heavy (non-hydrogen) atoms. The molecule has 9 nitrogen and oxygen atoms in total. The first-order valence-corrected chi connectivity index (χ1v) is 11.0. The van der Waals surface area contributed by atoms with E-state index in [0.717, 1.165) is 11.1 Å². The molecule has 3 aromatic rings. The van der Waals surface area contributed by atoms with Crippen molar-refractivity contribution in [3.63, 3.8) is 0 Å². The topological polar surface area (TPSA) is 92.9 Å². The number of carbonyl (C=O) groups excluding carboxylic acids is 2. The van der Waals surface area contributed by atoms with Gasteiger partial charge in [-0.3, -0.25) is 9.59 Å². The van der Waals surface area contributed by atoms with Crippen molar-refractivity contribution in [3.8, 4) is 0 Å². The molecule has 2 amide bonds. The highest BCUT2D eigenvalue weighted by molar-refractivity contribution is 5.86. The molecule has 1 aliphatic carbocycles. The Morgan fingerprint density at radius 3 is 2.75 bits per heavy atom. The highest BCUT2D eigenvalue weighted by atomic mass is 16.5. The summed E-state index contributed by atoms with van der Waals surface area (Å²) in [5.74, 6) is 0.906. The summed E-state index contributed by atoms with van der Waals surface area (Å²) in [6, 6.07) is 9.91. The van der Waals surface area contributed by atoms with Crippen LogP contribution in [-0.4, -0.2) is 73.5 Å². The second-order valence-electron chi connectivity index (χ2n) is 8.58. The molecule has 9 heteroatoms. The summed E-state index contributed by atoms with van der Waals surface area (Å²) in [6.07, 6.45) is 7.12. The third kappa shape index (κ3) is 4.94. The number of nitrogens with zero attached hydrogens (tertiary/aromatic N) is 6. The first-order valence-electron chi connectivity index (χ1n) is 11.0. The first-order chi connectivity index (χ1) is 15.6. The molecule has 2 fully saturated rings. The number of ether oxygens (including phenoxy) is 1. The number of amides is 2. The van der Waals surface area contributed by atoms with Crippen LogP contribution in [0, 0.1) is 5.92 Å². The number of aromatic nitrogens is 4. The molecule has 1 unspecified atom stereocenters. The van der Waals surface area contributed by atoms with Crippen molar-refractivity contribution in [2.24, 2.45) is 5.92 Å². The number of fused-ring (bicyclic) bond motifs is 1. The van der Waals surface area contributed by atoms with Gasteiger partial charge in [0.2, 0.25) is 11.8 Å². The first kappa shape index (κ1) is 20.6. The Labute approximate surface area is 186 Å². The van der Waals surface area contributed by atoms with E-state index in [-0.39, 0.29) is 30.9 Å². The molecule has 0 N–H and O–H groups in total. The van der Waals surface area contributed by atoms with Crippen LogP contribution in [0.3, 0.4) is 0 Å². The normalized spacial score (nSPS) is 19.4. The van der Waals surface area contributed by atoms with Crippen LogP contribution in [0.1, 0.15) is 24.0 Å². The second-order valence-corrected chi connectivity index (χ2v) is 8.58. The Bertz CT molecular complexity index is 1100. The van der Waals surface area contributed by atoms with Crippen molar-refractivity contribution in [1.29, 1.82) is 0 Å². The molecule has 0 radical (unpaired) electrons. The van der Waals surface area contributed by atoms with Gasteiger partial charge in [0.05, 0.1) is 19.1 Å². The Hall–Kier alpha value is -3.33. The lowest BCUT2D eigenvalue weighted by Gasteiger charge is -2.25. The summed E-state index contributed by atoms with van der Waals surface area (Å²) in [6.45, 7) is 2.14.